The SMILES string of the molecule is SCC=Cc1ccc2oc3ccccc3c2c1. The smallest absolute Gasteiger partial charge is 0.135 e. The van der Waals surface area contributed by atoms with E-state index in [2.05, 4.69) is 36.9 Å². The van der Waals surface area contributed by atoms with Crippen molar-refractivity contribution in [1.82, 2.24) is 0 Å². The summed E-state index contributed by atoms with van der Waals surface area (Å²) in [6.45, 7) is 0. The lowest BCUT2D eigenvalue weighted by molar-refractivity contribution is 0.669. The summed E-state index contributed by atoms with van der Waals surface area (Å²) in [6, 6.07) is 14.4. The zero-order valence-corrected chi connectivity index (χ0v) is 10.2. The first-order valence-corrected chi connectivity index (χ1v) is 6.20. The predicted molar refractivity (Wildman–Crippen MR) is 76.6 cm³/mol. The van der Waals surface area contributed by atoms with Gasteiger partial charge in [-0.25, -0.2) is 0 Å². The lowest BCUT2D eigenvalue weighted by Crippen LogP contribution is -1.72. The van der Waals surface area contributed by atoms with E-state index in [1.165, 1.54) is 16.3 Å². The Kier molecular flexibility index (Phi) is 2.65. The van der Waals surface area contributed by atoms with Gasteiger partial charge in [-0.3, -0.25) is 0 Å². The standard InChI is InChI=1S/C15H12OS/c17-9-3-4-11-7-8-15-13(10-11)12-5-1-2-6-14(12)16-15/h1-8,10,17H,9H2. The Morgan fingerprint density at radius 3 is 2.71 bits per heavy atom. The molecule has 0 aliphatic carbocycles. The molecule has 0 amide bonds. The van der Waals surface area contributed by atoms with Crippen molar-refractivity contribution in [2.24, 2.45) is 0 Å². The molecule has 0 spiro atoms. The number of hydrogen-bond donors (Lipinski definition) is 1. The van der Waals surface area contributed by atoms with Gasteiger partial charge in [0.25, 0.3) is 0 Å². The van der Waals surface area contributed by atoms with Crippen LogP contribution in [0.25, 0.3) is 28.0 Å². The summed E-state index contributed by atoms with van der Waals surface area (Å²) < 4.78 is 5.77. The molecular weight excluding hydrogens is 228 g/mol. The monoisotopic (exact) mass is 240 g/mol. The Bertz CT molecular complexity index is 694. The molecule has 0 aliphatic rings. The molecule has 0 saturated carbocycles. The summed E-state index contributed by atoms with van der Waals surface area (Å²) in [5.74, 6) is 0.754. The molecule has 0 aliphatic heterocycles. The van der Waals surface area contributed by atoms with E-state index in [1.54, 1.807) is 0 Å². The molecular formula is C15H12OS. The van der Waals surface area contributed by atoms with E-state index >= 15 is 0 Å². The summed E-state index contributed by atoms with van der Waals surface area (Å²) in [5, 5.41) is 2.34. The fraction of sp³-hybridized carbons (Fsp3) is 0.0667. The van der Waals surface area contributed by atoms with Gasteiger partial charge in [-0.05, 0) is 23.8 Å². The Balaban J connectivity index is 2.26. The van der Waals surface area contributed by atoms with Gasteiger partial charge >= 0.3 is 0 Å². The molecule has 1 nitrogen and oxygen atoms in total. The second-order valence-corrected chi connectivity index (χ2v) is 4.30. The molecule has 84 valence electrons. The molecule has 3 aromatic rings. The van der Waals surface area contributed by atoms with Crippen LogP contribution in [0.4, 0.5) is 0 Å². The van der Waals surface area contributed by atoms with Crippen LogP contribution in [0.2, 0.25) is 0 Å². The molecule has 0 fully saturated rings. The third kappa shape index (κ3) is 1.85. The van der Waals surface area contributed by atoms with Crippen molar-refractivity contribution >= 4 is 40.6 Å². The molecule has 1 heterocycles. The van der Waals surface area contributed by atoms with Crippen molar-refractivity contribution in [1.29, 1.82) is 0 Å². The summed E-state index contributed by atoms with van der Waals surface area (Å²) in [7, 11) is 0. The lowest BCUT2D eigenvalue weighted by atomic mass is 10.1. The van der Waals surface area contributed by atoms with Gasteiger partial charge in [-0.15, -0.1) is 0 Å². The van der Waals surface area contributed by atoms with Crippen molar-refractivity contribution in [2.75, 3.05) is 5.75 Å². The summed E-state index contributed by atoms with van der Waals surface area (Å²) >= 11 is 4.17. The first-order valence-electron chi connectivity index (χ1n) is 5.57. The van der Waals surface area contributed by atoms with Gasteiger partial charge in [0, 0.05) is 16.5 Å². The van der Waals surface area contributed by atoms with Crippen LogP contribution in [0, 0.1) is 0 Å². The first kappa shape index (κ1) is 10.5. The molecule has 0 N–H and O–H groups in total. The number of rotatable bonds is 2. The maximum atomic E-state index is 5.77. The van der Waals surface area contributed by atoms with Crippen LogP contribution in [0.5, 0.6) is 0 Å². The Hall–Kier alpha value is -1.67. The minimum Gasteiger partial charge on any atom is -0.456 e. The molecule has 0 unspecified atom stereocenters. The van der Waals surface area contributed by atoms with E-state index in [0.29, 0.717) is 0 Å². The van der Waals surface area contributed by atoms with Crippen LogP contribution in [0.15, 0.2) is 53.0 Å². The van der Waals surface area contributed by atoms with E-state index in [9.17, 15) is 0 Å². The van der Waals surface area contributed by atoms with Gasteiger partial charge < -0.3 is 4.42 Å². The number of benzene rings is 2. The third-order valence-electron chi connectivity index (χ3n) is 2.82. The first-order chi connectivity index (χ1) is 8.38. The van der Waals surface area contributed by atoms with Crippen LogP contribution in [0.3, 0.4) is 0 Å². The maximum absolute atomic E-state index is 5.77. The van der Waals surface area contributed by atoms with Gasteiger partial charge in [0.05, 0.1) is 0 Å². The van der Waals surface area contributed by atoms with Crippen molar-refractivity contribution in [3.05, 3.63) is 54.1 Å². The quantitative estimate of drug-likeness (QED) is 0.649. The molecule has 0 atom stereocenters. The molecule has 3 rings (SSSR count). The van der Waals surface area contributed by atoms with E-state index in [4.69, 9.17) is 4.42 Å². The molecule has 0 radical (unpaired) electrons. The number of thiol groups is 1. The fourth-order valence-corrected chi connectivity index (χ4v) is 2.14. The topological polar surface area (TPSA) is 13.1 Å². The minimum atomic E-state index is 0.754. The molecule has 17 heavy (non-hydrogen) atoms. The third-order valence-corrected chi connectivity index (χ3v) is 3.03. The Morgan fingerprint density at radius 2 is 1.82 bits per heavy atom. The largest absolute Gasteiger partial charge is 0.456 e. The number of para-hydroxylation sites is 1. The van der Waals surface area contributed by atoms with Gasteiger partial charge in [0.1, 0.15) is 11.2 Å². The summed E-state index contributed by atoms with van der Waals surface area (Å²) in [4.78, 5) is 0. The highest BCUT2D eigenvalue weighted by Gasteiger charge is 2.05. The van der Waals surface area contributed by atoms with Gasteiger partial charge in [0.15, 0.2) is 0 Å². The zero-order chi connectivity index (χ0) is 11.7. The summed E-state index contributed by atoms with van der Waals surface area (Å²) in [6.07, 6.45) is 4.11. The highest BCUT2D eigenvalue weighted by atomic mass is 32.1. The van der Waals surface area contributed by atoms with Crippen molar-refractivity contribution in [3.8, 4) is 0 Å². The van der Waals surface area contributed by atoms with Gasteiger partial charge in [-0.1, -0.05) is 36.4 Å². The van der Waals surface area contributed by atoms with Crippen LogP contribution >= 0.6 is 12.6 Å². The van der Waals surface area contributed by atoms with Crippen molar-refractivity contribution < 1.29 is 4.42 Å². The van der Waals surface area contributed by atoms with E-state index in [1.807, 2.05) is 30.3 Å². The normalized spacial score (nSPS) is 11.8. The molecule has 2 heteroatoms. The highest BCUT2D eigenvalue weighted by Crippen LogP contribution is 2.29. The number of furan rings is 1. The second-order valence-electron chi connectivity index (χ2n) is 3.94. The van der Waals surface area contributed by atoms with E-state index in [0.717, 1.165) is 16.9 Å². The van der Waals surface area contributed by atoms with Crippen molar-refractivity contribution in [3.63, 3.8) is 0 Å². The maximum Gasteiger partial charge on any atom is 0.135 e. The van der Waals surface area contributed by atoms with Crippen LogP contribution in [-0.2, 0) is 0 Å². The molecule has 1 aromatic heterocycles. The van der Waals surface area contributed by atoms with E-state index in [-0.39, 0.29) is 0 Å². The van der Waals surface area contributed by atoms with Crippen LogP contribution < -0.4 is 0 Å². The second kappa shape index (κ2) is 4.30. The van der Waals surface area contributed by atoms with Gasteiger partial charge in [0.2, 0.25) is 0 Å². The summed E-state index contributed by atoms with van der Waals surface area (Å²) in [5.41, 5.74) is 3.06. The molecule has 2 aromatic carbocycles. The molecule has 0 bridgehead atoms. The van der Waals surface area contributed by atoms with E-state index < -0.39 is 0 Å². The minimum absolute atomic E-state index is 0.754. The number of fused-ring (bicyclic) bond motifs is 3. The highest BCUT2D eigenvalue weighted by molar-refractivity contribution is 7.80. The predicted octanol–water partition coefficient (Wildman–Crippen LogP) is 4.53. The average molecular weight is 240 g/mol. The lowest BCUT2D eigenvalue weighted by Gasteiger charge is -1.93. The zero-order valence-electron chi connectivity index (χ0n) is 9.26. The number of hydrogen-bond acceptors (Lipinski definition) is 2. The average Bonchev–Trinajstić information content (AvgIpc) is 2.74. The van der Waals surface area contributed by atoms with Crippen LogP contribution in [-0.4, -0.2) is 5.75 Å². The fourth-order valence-electron chi connectivity index (χ4n) is 2.04. The Labute approximate surface area is 105 Å². The van der Waals surface area contributed by atoms with Gasteiger partial charge in [-0.2, -0.15) is 12.6 Å². The Morgan fingerprint density at radius 1 is 1.00 bits per heavy atom. The molecule has 0 saturated heterocycles. The van der Waals surface area contributed by atoms with Crippen molar-refractivity contribution in [2.45, 2.75) is 0 Å². The van der Waals surface area contributed by atoms with Crippen LogP contribution in [0.1, 0.15) is 5.56 Å².